The molecule has 0 bridgehead atoms. The summed E-state index contributed by atoms with van der Waals surface area (Å²) in [6.07, 6.45) is 0. The van der Waals surface area contributed by atoms with Crippen molar-refractivity contribution in [3.05, 3.63) is 34.6 Å². The predicted octanol–water partition coefficient (Wildman–Crippen LogP) is 2.81. The molecule has 0 spiro atoms. The number of nitrogens with zero attached hydrogens (tertiary/aromatic N) is 4. The van der Waals surface area contributed by atoms with Crippen LogP contribution in [0.25, 0.3) is 16.3 Å². The average Bonchev–Trinajstić information content (AvgIpc) is 2.82. The maximum atomic E-state index is 5.87. The van der Waals surface area contributed by atoms with Crippen LogP contribution in [0.2, 0.25) is 5.15 Å². The summed E-state index contributed by atoms with van der Waals surface area (Å²) in [5.74, 6) is 1.60. The van der Waals surface area contributed by atoms with Gasteiger partial charge in [0.05, 0.1) is 4.88 Å². The molecule has 80 valence electrons. The number of hydrogen-bond donors (Lipinski definition) is 0. The van der Waals surface area contributed by atoms with Gasteiger partial charge in [0.2, 0.25) is 0 Å². The lowest BCUT2D eigenvalue weighted by Gasteiger charge is -2.01. The van der Waals surface area contributed by atoms with Crippen LogP contribution in [0.3, 0.4) is 0 Å². The fraction of sp³-hybridized carbons (Fsp3) is 0.100. The molecule has 3 rings (SSSR count). The molecular formula is C10H7ClN4S. The molecule has 16 heavy (non-hydrogen) atoms. The second-order valence-corrected chi connectivity index (χ2v) is 4.66. The van der Waals surface area contributed by atoms with E-state index in [2.05, 4.69) is 15.2 Å². The van der Waals surface area contributed by atoms with Gasteiger partial charge in [-0.1, -0.05) is 17.7 Å². The molecule has 0 saturated heterocycles. The van der Waals surface area contributed by atoms with Crippen molar-refractivity contribution in [1.82, 2.24) is 19.6 Å². The Kier molecular flexibility index (Phi) is 2.15. The van der Waals surface area contributed by atoms with Crippen molar-refractivity contribution in [3.8, 4) is 10.7 Å². The minimum atomic E-state index is 0.440. The highest BCUT2D eigenvalue weighted by Crippen LogP contribution is 2.24. The molecule has 0 aliphatic carbocycles. The second-order valence-electron chi connectivity index (χ2n) is 3.32. The largest absolute Gasteiger partial charge is 0.262 e. The molecule has 6 heteroatoms. The first-order chi connectivity index (χ1) is 7.75. The summed E-state index contributed by atoms with van der Waals surface area (Å²) in [5, 5.41) is 10.7. The quantitative estimate of drug-likeness (QED) is 0.624. The van der Waals surface area contributed by atoms with Crippen LogP contribution in [-0.2, 0) is 0 Å². The highest BCUT2D eigenvalue weighted by Gasteiger charge is 2.11. The summed E-state index contributed by atoms with van der Waals surface area (Å²) in [6.45, 7) is 1.89. The van der Waals surface area contributed by atoms with Crippen LogP contribution in [0, 0.1) is 6.92 Å². The number of thiophene rings is 1. The van der Waals surface area contributed by atoms with E-state index in [1.807, 2.05) is 28.8 Å². The normalized spacial score (nSPS) is 11.1. The van der Waals surface area contributed by atoms with Crippen LogP contribution in [0.15, 0.2) is 23.6 Å². The van der Waals surface area contributed by atoms with Crippen molar-refractivity contribution >= 4 is 28.6 Å². The summed E-state index contributed by atoms with van der Waals surface area (Å²) in [4.78, 5) is 5.27. The zero-order valence-electron chi connectivity index (χ0n) is 8.38. The maximum absolute atomic E-state index is 5.87. The molecule has 0 saturated carbocycles. The number of halogens is 1. The number of hydrogen-bond acceptors (Lipinski definition) is 4. The number of aromatic nitrogens is 4. The van der Waals surface area contributed by atoms with Crippen LogP contribution in [0.5, 0.6) is 0 Å². The van der Waals surface area contributed by atoms with Gasteiger partial charge >= 0.3 is 0 Å². The van der Waals surface area contributed by atoms with Crippen LogP contribution in [-0.4, -0.2) is 19.6 Å². The van der Waals surface area contributed by atoms with E-state index in [4.69, 9.17) is 11.6 Å². The van der Waals surface area contributed by atoms with Gasteiger partial charge in [0, 0.05) is 6.07 Å². The molecule has 0 fully saturated rings. The number of aryl methyl sites for hydroxylation is 1. The Balaban J connectivity index is 2.36. The molecule has 4 nitrogen and oxygen atoms in total. The summed E-state index contributed by atoms with van der Waals surface area (Å²) in [6, 6.07) is 5.70. The molecule has 3 aromatic heterocycles. The van der Waals surface area contributed by atoms with E-state index in [1.54, 1.807) is 17.4 Å². The van der Waals surface area contributed by atoms with Crippen molar-refractivity contribution in [3.63, 3.8) is 0 Å². The SMILES string of the molecule is Cc1nc(Cl)cc2nnc(-c3cccs3)n12. The maximum Gasteiger partial charge on any atom is 0.179 e. The second kappa shape index (κ2) is 3.54. The van der Waals surface area contributed by atoms with Gasteiger partial charge in [0.15, 0.2) is 11.5 Å². The highest BCUT2D eigenvalue weighted by molar-refractivity contribution is 7.13. The molecule has 0 aromatic carbocycles. The van der Waals surface area contributed by atoms with Crippen molar-refractivity contribution < 1.29 is 0 Å². The Labute approximate surface area is 101 Å². The Bertz CT molecular complexity index is 644. The van der Waals surface area contributed by atoms with Crippen LogP contribution in [0.4, 0.5) is 0 Å². The molecule has 0 N–H and O–H groups in total. The van der Waals surface area contributed by atoms with Crippen molar-refractivity contribution in [2.24, 2.45) is 0 Å². The summed E-state index contributed by atoms with van der Waals surface area (Å²) in [5.41, 5.74) is 0.723. The minimum Gasteiger partial charge on any atom is -0.262 e. The molecule has 0 aliphatic heterocycles. The Morgan fingerprint density at radius 2 is 2.25 bits per heavy atom. The monoisotopic (exact) mass is 250 g/mol. The standard InChI is InChI=1S/C10H7ClN4S/c1-6-12-8(11)5-9-13-14-10(15(6)9)7-3-2-4-16-7/h2-5H,1H3. The van der Waals surface area contributed by atoms with Crippen LogP contribution in [0.1, 0.15) is 5.82 Å². The molecule has 3 heterocycles. The van der Waals surface area contributed by atoms with Gasteiger partial charge in [-0.25, -0.2) is 4.98 Å². The van der Waals surface area contributed by atoms with Gasteiger partial charge in [-0.2, -0.15) is 0 Å². The van der Waals surface area contributed by atoms with Gasteiger partial charge in [-0.15, -0.1) is 21.5 Å². The van der Waals surface area contributed by atoms with E-state index in [0.29, 0.717) is 5.15 Å². The Morgan fingerprint density at radius 3 is 3.00 bits per heavy atom. The van der Waals surface area contributed by atoms with Crippen LogP contribution >= 0.6 is 22.9 Å². The molecule has 0 radical (unpaired) electrons. The first kappa shape index (κ1) is 9.74. The van der Waals surface area contributed by atoms with E-state index < -0.39 is 0 Å². The molecule has 0 amide bonds. The summed E-state index contributed by atoms with van der Waals surface area (Å²) >= 11 is 7.49. The minimum absolute atomic E-state index is 0.440. The van der Waals surface area contributed by atoms with Gasteiger partial charge < -0.3 is 0 Å². The molecule has 0 unspecified atom stereocenters. The predicted molar refractivity (Wildman–Crippen MR) is 63.8 cm³/mol. The van der Waals surface area contributed by atoms with Crippen LogP contribution < -0.4 is 0 Å². The van der Waals surface area contributed by atoms with E-state index in [1.165, 1.54) is 0 Å². The van der Waals surface area contributed by atoms with Crippen molar-refractivity contribution in [2.45, 2.75) is 6.92 Å². The Hall–Kier alpha value is -1.46. The fourth-order valence-corrected chi connectivity index (χ4v) is 2.54. The Morgan fingerprint density at radius 1 is 1.38 bits per heavy atom. The first-order valence-electron chi connectivity index (χ1n) is 4.68. The van der Waals surface area contributed by atoms with Gasteiger partial charge in [-0.3, -0.25) is 4.40 Å². The third kappa shape index (κ3) is 1.40. The zero-order valence-corrected chi connectivity index (χ0v) is 9.96. The third-order valence-corrected chi connectivity index (χ3v) is 3.33. The topological polar surface area (TPSA) is 43.1 Å². The van der Waals surface area contributed by atoms with Gasteiger partial charge in [0.1, 0.15) is 11.0 Å². The number of fused-ring (bicyclic) bond motifs is 1. The molecule has 3 aromatic rings. The summed E-state index contributed by atoms with van der Waals surface area (Å²) in [7, 11) is 0. The lowest BCUT2D eigenvalue weighted by atomic mass is 10.4. The average molecular weight is 251 g/mol. The summed E-state index contributed by atoms with van der Waals surface area (Å²) < 4.78 is 1.90. The molecule has 0 atom stereocenters. The lowest BCUT2D eigenvalue weighted by Crippen LogP contribution is -1.97. The van der Waals surface area contributed by atoms with Crippen molar-refractivity contribution in [2.75, 3.05) is 0 Å². The third-order valence-electron chi connectivity index (χ3n) is 2.27. The van der Waals surface area contributed by atoms with Crippen molar-refractivity contribution in [1.29, 1.82) is 0 Å². The van der Waals surface area contributed by atoms with E-state index in [-0.39, 0.29) is 0 Å². The fourth-order valence-electron chi connectivity index (χ4n) is 1.62. The van der Waals surface area contributed by atoms with E-state index >= 15 is 0 Å². The molecule has 0 aliphatic rings. The zero-order chi connectivity index (χ0) is 11.1. The first-order valence-corrected chi connectivity index (χ1v) is 5.93. The van der Waals surface area contributed by atoms with E-state index in [9.17, 15) is 0 Å². The van der Waals surface area contributed by atoms with Gasteiger partial charge in [-0.05, 0) is 18.4 Å². The highest BCUT2D eigenvalue weighted by atomic mass is 35.5. The van der Waals surface area contributed by atoms with E-state index in [0.717, 1.165) is 22.2 Å². The van der Waals surface area contributed by atoms with Gasteiger partial charge in [0.25, 0.3) is 0 Å². The molecular weight excluding hydrogens is 244 g/mol. The smallest absolute Gasteiger partial charge is 0.179 e. The number of rotatable bonds is 1. The lowest BCUT2D eigenvalue weighted by molar-refractivity contribution is 0.991.